The molecule has 6 unspecified atom stereocenters. The third kappa shape index (κ3) is 3.45. The van der Waals surface area contributed by atoms with Crippen LogP contribution in [-0.4, -0.2) is 0 Å². The zero-order valence-electron chi connectivity index (χ0n) is 30.1. The predicted molar refractivity (Wildman–Crippen MR) is 210 cm³/mol. The lowest BCUT2D eigenvalue weighted by molar-refractivity contribution is -0.235. The lowest BCUT2D eigenvalue weighted by atomic mass is 9.26. The summed E-state index contributed by atoms with van der Waals surface area (Å²) in [7, 11) is 0. The van der Waals surface area contributed by atoms with Gasteiger partial charge in [0.05, 0.1) is 11.4 Å². The molecule has 3 heteroatoms. The molecule has 0 radical (unpaired) electrons. The van der Waals surface area contributed by atoms with Gasteiger partial charge in [-0.1, -0.05) is 100 Å². The topological polar surface area (TPSA) is 16.4 Å². The molecule has 6 aliphatic rings. The monoisotopic (exact) mass is 683 g/mol. The minimum Gasteiger partial charge on any atom is -0.454 e. The molecule has 1 aromatic heterocycles. The molecule has 6 aromatic rings. The quantitative estimate of drug-likeness (QED) is 0.185. The highest BCUT2D eigenvalue weighted by Crippen LogP contribution is 2.89. The molecule has 6 atom stereocenters. The third-order valence-electron chi connectivity index (χ3n) is 15.4. The van der Waals surface area contributed by atoms with E-state index in [2.05, 4.69) is 136 Å². The fourth-order valence-electron chi connectivity index (χ4n) is 13.4. The Morgan fingerprint density at radius 1 is 0.647 bits per heavy atom. The van der Waals surface area contributed by atoms with Crippen LogP contribution in [0.2, 0.25) is 0 Å². The van der Waals surface area contributed by atoms with E-state index in [1.807, 2.05) is 11.8 Å². The van der Waals surface area contributed by atoms with E-state index in [0.29, 0.717) is 5.41 Å². The summed E-state index contributed by atoms with van der Waals surface area (Å²) in [5.74, 6) is 3.43. The van der Waals surface area contributed by atoms with Crippen molar-refractivity contribution in [2.24, 2.45) is 29.1 Å². The Labute approximate surface area is 305 Å². The fourth-order valence-corrected chi connectivity index (χ4v) is 14.6. The number of rotatable bonds is 3. The van der Waals surface area contributed by atoms with Gasteiger partial charge >= 0.3 is 0 Å². The number of benzene rings is 5. The molecular formula is C48H45NOS. The van der Waals surface area contributed by atoms with Gasteiger partial charge in [0.25, 0.3) is 0 Å². The molecule has 51 heavy (non-hydrogen) atoms. The number of fused-ring (bicyclic) bond motifs is 11. The molecule has 5 aliphatic carbocycles. The van der Waals surface area contributed by atoms with E-state index in [0.717, 1.165) is 40.5 Å². The van der Waals surface area contributed by atoms with Crippen molar-refractivity contribution in [3.63, 3.8) is 0 Å². The number of anilines is 3. The van der Waals surface area contributed by atoms with Crippen molar-refractivity contribution >= 4 is 50.8 Å². The first-order chi connectivity index (χ1) is 24.7. The number of nitrogens with zero attached hydrogens (tertiary/aromatic N) is 1. The van der Waals surface area contributed by atoms with E-state index in [4.69, 9.17) is 4.42 Å². The molecular weight excluding hydrogens is 639 g/mol. The largest absolute Gasteiger partial charge is 0.454 e. The Kier molecular flexibility index (Phi) is 5.53. The van der Waals surface area contributed by atoms with Crippen LogP contribution in [0.25, 0.3) is 21.9 Å². The Balaban J connectivity index is 1.14. The average Bonchev–Trinajstić information content (AvgIpc) is 3.80. The van der Waals surface area contributed by atoms with E-state index < -0.39 is 0 Å². The summed E-state index contributed by atoms with van der Waals surface area (Å²) in [6.45, 7) is 9.83. The van der Waals surface area contributed by atoms with Gasteiger partial charge in [-0.2, -0.15) is 0 Å². The van der Waals surface area contributed by atoms with E-state index >= 15 is 0 Å². The van der Waals surface area contributed by atoms with Crippen molar-refractivity contribution in [1.82, 2.24) is 0 Å². The molecule has 2 heterocycles. The van der Waals surface area contributed by atoms with Gasteiger partial charge < -0.3 is 9.32 Å². The van der Waals surface area contributed by atoms with Gasteiger partial charge in [-0.25, -0.2) is 0 Å². The molecule has 0 amide bonds. The minimum absolute atomic E-state index is 0.0378. The molecule has 12 rings (SSSR count). The summed E-state index contributed by atoms with van der Waals surface area (Å²) in [4.78, 5) is 5.56. The molecule has 5 aromatic carbocycles. The maximum Gasteiger partial charge on any atom is 0.159 e. The van der Waals surface area contributed by atoms with Crippen molar-refractivity contribution in [2.45, 2.75) is 92.3 Å². The molecule has 2 nitrogen and oxygen atoms in total. The molecule has 254 valence electrons. The molecule has 2 bridgehead atoms. The van der Waals surface area contributed by atoms with Crippen LogP contribution < -0.4 is 4.90 Å². The summed E-state index contributed by atoms with van der Waals surface area (Å²) in [6.07, 6.45) is 8.16. The zero-order chi connectivity index (χ0) is 34.1. The van der Waals surface area contributed by atoms with Crippen molar-refractivity contribution in [1.29, 1.82) is 0 Å². The smallest absolute Gasteiger partial charge is 0.159 e. The summed E-state index contributed by atoms with van der Waals surface area (Å²) >= 11 is 2.01. The van der Waals surface area contributed by atoms with Crippen LogP contribution in [0.15, 0.2) is 117 Å². The van der Waals surface area contributed by atoms with Crippen LogP contribution in [0.5, 0.6) is 0 Å². The molecule has 0 N–H and O–H groups in total. The van der Waals surface area contributed by atoms with Crippen LogP contribution in [0.3, 0.4) is 0 Å². The van der Waals surface area contributed by atoms with Crippen LogP contribution in [0, 0.1) is 29.1 Å². The van der Waals surface area contributed by atoms with E-state index in [1.165, 1.54) is 81.6 Å². The van der Waals surface area contributed by atoms with Crippen molar-refractivity contribution in [3.8, 4) is 0 Å². The van der Waals surface area contributed by atoms with Crippen molar-refractivity contribution < 1.29 is 4.42 Å². The lowest BCUT2D eigenvalue weighted by Gasteiger charge is -2.78. The molecule has 4 fully saturated rings. The van der Waals surface area contributed by atoms with Crippen LogP contribution in [0.1, 0.15) is 88.5 Å². The summed E-state index contributed by atoms with van der Waals surface area (Å²) in [6, 6.07) is 39.5. The third-order valence-corrected chi connectivity index (χ3v) is 16.6. The number of furan rings is 1. The Morgan fingerprint density at radius 2 is 1.37 bits per heavy atom. The van der Waals surface area contributed by atoms with E-state index in [1.54, 1.807) is 11.1 Å². The van der Waals surface area contributed by atoms with Crippen molar-refractivity contribution in [2.75, 3.05) is 4.90 Å². The number of hydrogen-bond donors (Lipinski definition) is 0. The maximum absolute atomic E-state index is 6.84. The number of hydrogen-bond acceptors (Lipinski definition) is 3. The summed E-state index contributed by atoms with van der Waals surface area (Å²) in [5, 5.41) is 2.36. The minimum atomic E-state index is 0.0378. The molecule has 2 spiro atoms. The van der Waals surface area contributed by atoms with Gasteiger partial charge in [0.1, 0.15) is 5.58 Å². The van der Waals surface area contributed by atoms with Gasteiger partial charge in [0.15, 0.2) is 5.58 Å². The second-order valence-corrected chi connectivity index (χ2v) is 19.5. The second-order valence-electron chi connectivity index (χ2n) is 18.4. The Morgan fingerprint density at radius 3 is 2.27 bits per heavy atom. The van der Waals surface area contributed by atoms with Gasteiger partial charge in [0.2, 0.25) is 0 Å². The van der Waals surface area contributed by atoms with E-state index in [9.17, 15) is 0 Å². The first kappa shape index (κ1) is 29.6. The van der Waals surface area contributed by atoms with Gasteiger partial charge in [-0.15, -0.1) is 0 Å². The van der Waals surface area contributed by atoms with Gasteiger partial charge in [-0.05, 0) is 143 Å². The Hall–Kier alpha value is -3.95. The summed E-state index contributed by atoms with van der Waals surface area (Å²) in [5.41, 5.74) is 12.7. The van der Waals surface area contributed by atoms with Crippen molar-refractivity contribution in [3.05, 3.63) is 125 Å². The molecule has 0 saturated heterocycles. The summed E-state index contributed by atoms with van der Waals surface area (Å²) < 4.78 is 6.84. The Bertz CT molecular complexity index is 2490. The normalized spacial score (nSPS) is 31.1. The SMILES string of the molecule is CC1(C)CCC(C)(C)c2c(N(c3ccc4c(c3)C3(c5ccccc5S4)C4CC5CC6CC3C64C5)c3cccc4c3oc3ccccc34)cccc21. The highest BCUT2D eigenvalue weighted by molar-refractivity contribution is 7.99. The van der Waals surface area contributed by atoms with Crippen LogP contribution in [-0.2, 0) is 16.2 Å². The van der Waals surface area contributed by atoms with Gasteiger partial charge in [-0.3, -0.25) is 0 Å². The first-order valence-electron chi connectivity index (χ1n) is 19.5. The highest BCUT2D eigenvalue weighted by atomic mass is 32.2. The maximum atomic E-state index is 6.84. The standard InChI is InChI=1S/C48H45NOS/c1-45(2)21-22-46(3,4)43-34(45)14-10-15-36(43)49(37-16-9-12-32-31-11-5-7-17-38(31)50-44(32)37)30-19-20-40-35(26-30)48(33-13-6-8-18-39(33)51-40)41-24-28-23-29-25-42(48)47(29,41)27-28/h5-20,26,28-29,41-42H,21-25,27H2,1-4H3. The van der Waals surface area contributed by atoms with Crippen LogP contribution >= 0.6 is 11.8 Å². The van der Waals surface area contributed by atoms with E-state index in [-0.39, 0.29) is 16.2 Å². The predicted octanol–water partition coefficient (Wildman–Crippen LogP) is 13.2. The zero-order valence-corrected chi connectivity index (χ0v) is 30.9. The van der Waals surface area contributed by atoms with Crippen LogP contribution in [0.4, 0.5) is 17.1 Å². The average molecular weight is 684 g/mol. The number of para-hydroxylation sites is 2. The lowest BCUT2D eigenvalue weighted by Crippen LogP contribution is -2.74. The first-order valence-corrected chi connectivity index (χ1v) is 20.3. The fraction of sp³-hybridized carbons (Fsp3) is 0.375. The van der Waals surface area contributed by atoms with Gasteiger partial charge in [0, 0.05) is 31.7 Å². The molecule has 1 aliphatic heterocycles. The molecule has 4 saturated carbocycles. The second kappa shape index (κ2) is 9.53. The highest BCUT2D eigenvalue weighted by Gasteiger charge is 2.84.